The second-order valence-electron chi connectivity index (χ2n) is 6.55. The molecular weight excluding hydrogens is 254 g/mol. The predicted octanol–water partition coefficient (Wildman–Crippen LogP) is 5.18. The molecule has 1 nitrogen and oxygen atoms in total. The maximum Gasteiger partial charge on any atom is 0.0323 e. The van der Waals surface area contributed by atoms with E-state index in [1.165, 1.54) is 42.4 Å². The Kier molecular flexibility index (Phi) is 4.40. The van der Waals surface area contributed by atoms with E-state index in [1.54, 1.807) is 0 Å². The van der Waals surface area contributed by atoms with Gasteiger partial charge >= 0.3 is 0 Å². The summed E-state index contributed by atoms with van der Waals surface area (Å²) < 4.78 is 0. The van der Waals surface area contributed by atoms with Crippen molar-refractivity contribution in [2.75, 3.05) is 0 Å². The van der Waals surface area contributed by atoms with E-state index in [-0.39, 0.29) is 6.04 Å². The molecule has 1 heteroatoms. The van der Waals surface area contributed by atoms with Crippen LogP contribution in [0.4, 0.5) is 0 Å². The Labute approximate surface area is 128 Å². The minimum Gasteiger partial charge on any atom is -0.324 e. The Morgan fingerprint density at radius 3 is 2.24 bits per heavy atom. The standard InChI is InChI=1S/C20H25N/c1-15-6-5-9-19(14-15)20(21)18-12-10-17(11-13-18)16-7-3-2-4-8-16/h2-4,7-8,10-13,15,19-20H,5-6,9,14,21H2,1H3. The Balaban J connectivity index is 1.74. The summed E-state index contributed by atoms with van der Waals surface area (Å²) in [5.41, 5.74) is 10.3. The summed E-state index contributed by atoms with van der Waals surface area (Å²) in [7, 11) is 0. The van der Waals surface area contributed by atoms with Crippen LogP contribution in [0.15, 0.2) is 54.6 Å². The molecule has 0 amide bonds. The highest BCUT2D eigenvalue weighted by atomic mass is 14.7. The number of hydrogen-bond acceptors (Lipinski definition) is 1. The molecule has 2 N–H and O–H groups in total. The van der Waals surface area contributed by atoms with E-state index in [2.05, 4.69) is 61.5 Å². The number of nitrogens with two attached hydrogens (primary N) is 1. The molecule has 0 saturated heterocycles. The van der Waals surface area contributed by atoms with Gasteiger partial charge in [-0.05, 0) is 41.4 Å². The molecule has 3 unspecified atom stereocenters. The third-order valence-corrected chi connectivity index (χ3v) is 4.89. The van der Waals surface area contributed by atoms with Gasteiger partial charge in [0.25, 0.3) is 0 Å². The van der Waals surface area contributed by atoms with Crippen LogP contribution in [0.25, 0.3) is 11.1 Å². The van der Waals surface area contributed by atoms with Crippen molar-refractivity contribution in [1.82, 2.24) is 0 Å². The van der Waals surface area contributed by atoms with Crippen molar-refractivity contribution in [2.45, 2.75) is 38.6 Å². The van der Waals surface area contributed by atoms with Crippen molar-refractivity contribution < 1.29 is 0 Å². The van der Waals surface area contributed by atoms with Crippen LogP contribution in [0.2, 0.25) is 0 Å². The van der Waals surface area contributed by atoms with Crippen LogP contribution in [-0.4, -0.2) is 0 Å². The molecule has 110 valence electrons. The van der Waals surface area contributed by atoms with Gasteiger partial charge in [-0.3, -0.25) is 0 Å². The lowest BCUT2D eigenvalue weighted by molar-refractivity contribution is 0.248. The first kappa shape index (κ1) is 14.3. The minimum absolute atomic E-state index is 0.192. The van der Waals surface area contributed by atoms with Gasteiger partial charge in [-0.2, -0.15) is 0 Å². The topological polar surface area (TPSA) is 26.0 Å². The Bertz CT molecular complexity index is 558. The van der Waals surface area contributed by atoms with Crippen molar-refractivity contribution in [3.63, 3.8) is 0 Å². The highest BCUT2D eigenvalue weighted by molar-refractivity contribution is 5.63. The number of hydrogen-bond donors (Lipinski definition) is 1. The van der Waals surface area contributed by atoms with Crippen LogP contribution >= 0.6 is 0 Å². The van der Waals surface area contributed by atoms with Gasteiger partial charge < -0.3 is 5.73 Å². The largest absolute Gasteiger partial charge is 0.324 e. The number of rotatable bonds is 3. The molecule has 0 aromatic heterocycles. The lowest BCUT2D eigenvalue weighted by Gasteiger charge is -2.31. The Morgan fingerprint density at radius 2 is 1.57 bits per heavy atom. The molecule has 3 rings (SSSR count). The zero-order valence-electron chi connectivity index (χ0n) is 12.8. The average Bonchev–Trinajstić information content (AvgIpc) is 2.55. The van der Waals surface area contributed by atoms with Crippen LogP contribution in [0.5, 0.6) is 0 Å². The van der Waals surface area contributed by atoms with Crippen LogP contribution in [0.1, 0.15) is 44.2 Å². The smallest absolute Gasteiger partial charge is 0.0323 e. The van der Waals surface area contributed by atoms with Crippen LogP contribution < -0.4 is 5.73 Å². The van der Waals surface area contributed by atoms with Gasteiger partial charge in [0.15, 0.2) is 0 Å². The highest BCUT2D eigenvalue weighted by Crippen LogP contribution is 2.36. The summed E-state index contributed by atoms with van der Waals surface area (Å²) in [6.07, 6.45) is 5.27. The van der Waals surface area contributed by atoms with E-state index in [0.717, 1.165) is 5.92 Å². The summed E-state index contributed by atoms with van der Waals surface area (Å²) in [6, 6.07) is 19.5. The molecule has 1 fully saturated rings. The monoisotopic (exact) mass is 279 g/mol. The van der Waals surface area contributed by atoms with Crippen molar-refractivity contribution in [3.8, 4) is 11.1 Å². The van der Waals surface area contributed by atoms with E-state index in [4.69, 9.17) is 5.73 Å². The maximum atomic E-state index is 6.52. The summed E-state index contributed by atoms with van der Waals surface area (Å²) in [5.74, 6) is 1.48. The Hall–Kier alpha value is -1.60. The van der Waals surface area contributed by atoms with Gasteiger partial charge in [0.05, 0.1) is 0 Å². The summed E-state index contributed by atoms with van der Waals surface area (Å²) in [6.45, 7) is 2.36. The predicted molar refractivity (Wildman–Crippen MR) is 89.9 cm³/mol. The van der Waals surface area contributed by atoms with Crippen molar-refractivity contribution in [1.29, 1.82) is 0 Å². The SMILES string of the molecule is CC1CCCC(C(N)c2ccc(-c3ccccc3)cc2)C1. The fourth-order valence-electron chi connectivity index (χ4n) is 3.61. The lowest BCUT2D eigenvalue weighted by atomic mass is 9.77. The quantitative estimate of drug-likeness (QED) is 0.823. The fourth-order valence-corrected chi connectivity index (χ4v) is 3.61. The van der Waals surface area contributed by atoms with E-state index < -0.39 is 0 Å². The number of benzene rings is 2. The first-order valence-electron chi connectivity index (χ1n) is 8.15. The molecule has 1 aliphatic rings. The Morgan fingerprint density at radius 1 is 0.905 bits per heavy atom. The summed E-state index contributed by atoms with van der Waals surface area (Å²) >= 11 is 0. The molecule has 1 aliphatic carbocycles. The minimum atomic E-state index is 0.192. The third kappa shape index (κ3) is 3.36. The molecule has 0 bridgehead atoms. The molecule has 2 aromatic rings. The fraction of sp³-hybridized carbons (Fsp3) is 0.400. The normalized spacial score (nSPS) is 23.7. The van der Waals surface area contributed by atoms with E-state index in [1.807, 2.05) is 0 Å². The third-order valence-electron chi connectivity index (χ3n) is 4.89. The first-order chi connectivity index (χ1) is 10.2. The molecule has 21 heavy (non-hydrogen) atoms. The van der Waals surface area contributed by atoms with Crippen LogP contribution in [0, 0.1) is 11.8 Å². The summed E-state index contributed by atoms with van der Waals surface area (Å²) in [5, 5.41) is 0. The van der Waals surface area contributed by atoms with Gasteiger partial charge in [0, 0.05) is 6.04 Å². The van der Waals surface area contributed by atoms with E-state index >= 15 is 0 Å². The maximum absolute atomic E-state index is 6.52. The first-order valence-corrected chi connectivity index (χ1v) is 8.15. The van der Waals surface area contributed by atoms with E-state index in [9.17, 15) is 0 Å². The molecule has 2 aromatic carbocycles. The molecule has 3 atom stereocenters. The molecule has 1 saturated carbocycles. The van der Waals surface area contributed by atoms with Gasteiger partial charge in [0.2, 0.25) is 0 Å². The average molecular weight is 279 g/mol. The molecule has 0 radical (unpaired) electrons. The molecular formula is C20H25N. The highest BCUT2D eigenvalue weighted by Gasteiger charge is 2.25. The second kappa shape index (κ2) is 6.44. The van der Waals surface area contributed by atoms with Crippen LogP contribution in [-0.2, 0) is 0 Å². The van der Waals surface area contributed by atoms with Crippen molar-refractivity contribution >= 4 is 0 Å². The van der Waals surface area contributed by atoms with E-state index in [0.29, 0.717) is 5.92 Å². The lowest BCUT2D eigenvalue weighted by Crippen LogP contribution is -2.26. The zero-order valence-corrected chi connectivity index (χ0v) is 12.8. The zero-order chi connectivity index (χ0) is 14.7. The van der Waals surface area contributed by atoms with Gasteiger partial charge in [-0.1, -0.05) is 74.4 Å². The molecule has 0 heterocycles. The summed E-state index contributed by atoms with van der Waals surface area (Å²) in [4.78, 5) is 0. The van der Waals surface area contributed by atoms with Crippen LogP contribution in [0.3, 0.4) is 0 Å². The van der Waals surface area contributed by atoms with Gasteiger partial charge in [0.1, 0.15) is 0 Å². The van der Waals surface area contributed by atoms with Crippen molar-refractivity contribution in [3.05, 3.63) is 60.2 Å². The van der Waals surface area contributed by atoms with Crippen molar-refractivity contribution in [2.24, 2.45) is 17.6 Å². The molecule has 0 spiro atoms. The van der Waals surface area contributed by atoms with Gasteiger partial charge in [-0.15, -0.1) is 0 Å². The molecule has 0 aliphatic heterocycles. The van der Waals surface area contributed by atoms with Gasteiger partial charge in [-0.25, -0.2) is 0 Å². The second-order valence-corrected chi connectivity index (χ2v) is 6.55.